The molecule has 3 nitrogen and oxygen atoms in total. The third kappa shape index (κ3) is 4.61. The predicted molar refractivity (Wildman–Crippen MR) is 112 cm³/mol. The van der Waals surface area contributed by atoms with E-state index in [1.54, 1.807) is 11.3 Å². The van der Waals surface area contributed by atoms with Crippen molar-refractivity contribution in [3.63, 3.8) is 0 Å². The van der Waals surface area contributed by atoms with Crippen molar-refractivity contribution in [2.75, 3.05) is 13.1 Å². The zero-order valence-electron chi connectivity index (χ0n) is 16.2. The van der Waals surface area contributed by atoms with Crippen LogP contribution in [0.4, 0.5) is 0 Å². The fourth-order valence-corrected chi connectivity index (χ4v) is 5.50. The molecule has 2 heterocycles. The average Bonchev–Trinajstić information content (AvgIpc) is 3.13. The molecule has 0 unspecified atom stereocenters. The number of hydrogen-bond acceptors (Lipinski definition) is 3. The molecule has 27 heavy (non-hydrogen) atoms. The topological polar surface area (TPSA) is 32.3 Å². The van der Waals surface area contributed by atoms with Crippen LogP contribution in [0.5, 0.6) is 0 Å². The van der Waals surface area contributed by atoms with Crippen molar-refractivity contribution in [3.8, 4) is 0 Å². The monoisotopic (exact) mass is 382 g/mol. The van der Waals surface area contributed by atoms with Crippen molar-refractivity contribution in [2.24, 2.45) is 5.92 Å². The Morgan fingerprint density at radius 3 is 2.70 bits per heavy atom. The van der Waals surface area contributed by atoms with Gasteiger partial charge in [0.05, 0.1) is 4.88 Å². The third-order valence-corrected chi connectivity index (χ3v) is 7.39. The lowest BCUT2D eigenvalue weighted by Gasteiger charge is -2.32. The van der Waals surface area contributed by atoms with Crippen LogP contribution in [0.25, 0.3) is 0 Å². The quantitative estimate of drug-likeness (QED) is 0.816. The van der Waals surface area contributed by atoms with E-state index in [2.05, 4.69) is 53.5 Å². The van der Waals surface area contributed by atoms with E-state index in [4.69, 9.17) is 0 Å². The molecule has 1 aromatic carbocycles. The highest BCUT2D eigenvalue weighted by molar-refractivity contribution is 7.14. The van der Waals surface area contributed by atoms with E-state index in [1.807, 2.05) is 0 Å². The number of aryl methyl sites for hydroxylation is 1. The highest BCUT2D eigenvalue weighted by Gasteiger charge is 2.25. The number of carbonyl (C=O) groups excluding carboxylic acids is 1. The van der Waals surface area contributed by atoms with Crippen molar-refractivity contribution >= 4 is 17.2 Å². The van der Waals surface area contributed by atoms with Gasteiger partial charge in [-0.1, -0.05) is 43.7 Å². The van der Waals surface area contributed by atoms with Gasteiger partial charge in [-0.2, -0.15) is 0 Å². The van der Waals surface area contributed by atoms with Crippen LogP contribution in [-0.2, 0) is 19.4 Å². The van der Waals surface area contributed by atoms with E-state index >= 15 is 0 Å². The minimum Gasteiger partial charge on any atom is -0.349 e. The van der Waals surface area contributed by atoms with Gasteiger partial charge in [0.25, 0.3) is 5.91 Å². The molecule has 0 saturated carbocycles. The molecule has 0 spiro atoms. The first-order chi connectivity index (χ1) is 13.2. The number of nitrogens with one attached hydrogen (secondary N) is 1. The molecule has 144 valence electrons. The summed E-state index contributed by atoms with van der Waals surface area (Å²) in [6, 6.07) is 13.1. The molecule has 1 aliphatic carbocycles. The Balaban J connectivity index is 1.28. The minimum absolute atomic E-state index is 0.143. The zero-order chi connectivity index (χ0) is 18.6. The fourth-order valence-electron chi connectivity index (χ4n) is 4.39. The van der Waals surface area contributed by atoms with E-state index < -0.39 is 0 Å². The van der Waals surface area contributed by atoms with Gasteiger partial charge in [-0.3, -0.25) is 9.69 Å². The predicted octanol–water partition coefficient (Wildman–Crippen LogP) is 4.66. The number of nitrogens with zero attached hydrogens (tertiary/aromatic N) is 1. The van der Waals surface area contributed by atoms with Crippen LogP contribution in [0.15, 0.2) is 36.4 Å². The van der Waals surface area contributed by atoms with Gasteiger partial charge in [-0.15, -0.1) is 11.3 Å². The van der Waals surface area contributed by atoms with Crippen molar-refractivity contribution in [3.05, 3.63) is 57.3 Å². The van der Waals surface area contributed by atoms with Gasteiger partial charge < -0.3 is 5.32 Å². The van der Waals surface area contributed by atoms with Gasteiger partial charge >= 0.3 is 0 Å². The Morgan fingerprint density at radius 1 is 1.19 bits per heavy atom. The van der Waals surface area contributed by atoms with Crippen LogP contribution < -0.4 is 5.32 Å². The first-order valence-electron chi connectivity index (χ1n) is 10.4. The number of piperidine rings is 1. The van der Waals surface area contributed by atoms with Gasteiger partial charge in [-0.05, 0) is 55.2 Å². The Bertz CT molecular complexity index is 762. The molecular weight excluding hydrogens is 352 g/mol. The molecule has 1 saturated heterocycles. The highest BCUT2D eigenvalue weighted by atomic mass is 32.1. The van der Waals surface area contributed by atoms with Gasteiger partial charge in [-0.25, -0.2) is 0 Å². The van der Waals surface area contributed by atoms with Crippen LogP contribution in [0, 0.1) is 5.92 Å². The molecule has 1 atom stereocenters. The Hall–Kier alpha value is -1.65. The summed E-state index contributed by atoms with van der Waals surface area (Å²) in [6.07, 6.45) is 6.93. The van der Waals surface area contributed by atoms with E-state index in [0.29, 0.717) is 6.04 Å². The lowest BCUT2D eigenvalue weighted by atomic mass is 9.87. The molecule has 1 fully saturated rings. The first-order valence-corrected chi connectivity index (χ1v) is 11.2. The number of fused-ring (bicyclic) bond motifs is 1. The normalized spacial score (nSPS) is 21.0. The van der Waals surface area contributed by atoms with Crippen molar-refractivity contribution in [1.82, 2.24) is 10.2 Å². The molecule has 0 bridgehead atoms. The summed E-state index contributed by atoms with van der Waals surface area (Å²) in [4.78, 5) is 17.6. The maximum absolute atomic E-state index is 12.7. The summed E-state index contributed by atoms with van der Waals surface area (Å²) in [5, 5.41) is 3.30. The van der Waals surface area contributed by atoms with Crippen LogP contribution in [0.2, 0.25) is 0 Å². The Kier molecular flexibility index (Phi) is 5.94. The van der Waals surface area contributed by atoms with Crippen molar-refractivity contribution < 1.29 is 4.79 Å². The lowest BCUT2D eigenvalue weighted by Crippen LogP contribution is -2.44. The minimum atomic E-state index is 0.143. The molecule has 0 radical (unpaired) electrons. The summed E-state index contributed by atoms with van der Waals surface area (Å²) in [5.74, 6) is 0.945. The van der Waals surface area contributed by atoms with Gasteiger partial charge in [0.15, 0.2) is 0 Å². The molecular formula is C23H30N2OS. The summed E-state index contributed by atoms with van der Waals surface area (Å²) in [7, 11) is 0. The maximum Gasteiger partial charge on any atom is 0.261 e. The van der Waals surface area contributed by atoms with Crippen molar-refractivity contribution in [1.29, 1.82) is 0 Å². The third-order valence-electron chi connectivity index (χ3n) is 6.16. The van der Waals surface area contributed by atoms with E-state index in [9.17, 15) is 4.79 Å². The zero-order valence-corrected chi connectivity index (χ0v) is 17.1. The number of amides is 1. The number of likely N-dealkylation sites (tertiary alicyclic amines) is 1. The molecule has 4 rings (SSSR count). The molecule has 2 aliphatic rings. The van der Waals surface area contributed by atoms with Crippen LogP contribution >= 0.6 is 11.3 Å². The number of thiophene rings is 1. The molecule has 1 aromatic heterocycles. The molecule has 2 aromatic rings. The van der Waals surface area contributed by atoms with Crippen LogP contribution in [0.1, 0.15) is 58.3 Å². The average molecular weight is 383 g/mol. The fraction of sp³-hybridized carbons (Fsp3) is 0.522. The first kappa shape index (κ1) is 18.7. The summed E-state index contributed by atoms with van der Waals surface area (Å²) in [5.41, 5.74) is 2.80. The second-order valence-electron chi connectivity index (χ2n) is 8.09. The molecule has 1 aliphatic heterocycles. The molecule has 4 heteroatoms. The van der Waals surface area contributed by atoms with Gasteiger partial charge in [0.2, 0.25) is 0 Å². The lowest BCUT2D eigenvalue weighted by molar-refractivity contribution is 0.0913. The van der Waals surface area contributed by atoms with Gasteiger partial charge in [0, 0.05) is 30.6 Å². The Labute approximate surface area is 166 Å². The SMILES string of the molecule is CC[C@H]1CCc2sc(C(=O)NC3CCN(Cc4ccccc4)CC3)cc2C1. The molecule has 1 N–H and O–H groups in total. The van der Waals surface area contributed by atoms with Gasteiger partial charge in [0.1, 0.15) is 0 Å². The number of hydrogen-bond donors (Lipinski definition) is 1. The number of rotatable bonds is 5. The summed E-state index contributed by atoms with van der Waals surface area (Å²) in [6.45, 7) is 5.40. The summed E-state index contributed by atoms with van der Waals surface area (Å²) >= 11 is 1.72. The maximum atomic E-state index is 12.7. The smallest absolute Gasteiger partial charge is 0.261 e. The second kappa shape index (κ2) is 8.57. The van der Waals surface area contributed by atoms with E-state index in [0.717, 1.165) is 56.1 Å². The number of benzene rings is 1. The van der Waals surface area contributed by atoms with Crippen LogP contribution in [-0.4, -0.2) is 29.9 Å². The highest BCUT2D eigenvalue weighted by Crippen LogP contribution is 2.33. The molecule has 1 amide bonds. The Morgan fingerprint density at radius 2 is 1.96 bits per heavy atom. The second-order valence-corrected chi connectivity index (χ2v) is 9.22. The standard InChI is InChI=1S/C23H30N2OS/c1-2-17-8-9-21-19(14-17)15-22(27-21)23(26)24-20-10-12-25(13-11-20)16-18-6-4-3-5-7-18/h3-7,15,17,20H,2,8-14,16H2,1H3,(H,24,26)/t17-/m0/s1. The summed E-state index contributed by atoms with van der Waals surface area (Å²) < 4.78 is 0. The largest absolute Gasteiger partial charge is 0.349 e. The van der Waals surface area contributed by atoms with E-state index in [1.165, 1.54) is 28.8 Å². The number of carbonyl (C=O) groups is 1. The van der Waals surface area contributed by atoms with E-state index in [-0.39, 0.29) is 5.91 Å². The van der Waals surface area contributed by atoms with Crippen LogP contribution in [0.3, 0.4) is 0 Å². The van der Waals surface area contributed by atoms with Crippen molar-refractivity contribution in [2.45, 2.75) is 58.0 Å².